The fourth-order valence-electron chi connectivity index (χ4n) is 3.61. The van der Waals surface area contributed by atoms with Crippen LogP contribution in [0.1, 0.15) is 24.8 Å². The number of hydrogen-bond acceptors (Lipinski definition) is 4. The summed E-state index contributed by atoms with van der Waals surface area (Å²) < 4.78 is 5.89. The number of aryl methyl sites for hydroxylation is 1. The van der Waals surface area contributed by atoms with Crippen molar-refractivity contribution in [2.75, 3.05) is 26.7 Å². The molecule has 2 saturated heterocycles. The van der Waals surface area contributed by atoms with Gasteiger partial charge >= 0.3 is 5.97 Å². The summed E-state index contributed by atoms with van der Waals surface area (Å²) in [5.41, 5.74) is 0.332. The summed E-state index contributed by atoms with van der Waals surface area (Å²) in [7, 11) is 2.03. The van der Waals surface area contributed by atoms with Crippen molar-refractivity contribution in [3.05, 3.63) is 35.9 Å². The van der Waals surface area contributed by atoms with Gasteiger partial charge < -0.3 is 14.7 Å². The average Bonchev–Trinajstić information content (AvgIpc) is 2.96. The number of rotatable bonds is 4. The first-order chi connectivity index (χ1) is 11.5. The Bertz CT molecular complexity index is 596. The number of carbonyl (C=O) groups excluding carboxylic acids is 1. The van der Waals surface area contributed by atoms with Gasteiger partial charge in [0.2, 0.25) is 5.91 Å². The van der Waals surface area contributed by atoms with Crippen LogP contribution in [0, 0.1) is 0 Å². The number of amides is 1. The molecular formula is C18H24N2O4. The van der Waals surface area contributed by atoms with E-state index < -0.39 is 17.7 Å². The molecule has 1 spiro atoms. The van der Waals surface area contributed by atoms with Crippen LogP contribution in [0.3, 0.4) is 0 Å². The van der Waals surface area contributed by atoms with Crippen molar-refractivity contribution < 1.29 is 19.4 Å². The molecule has 0 bridgehead atoms. The topological polar surface area (TPSA) is 70.1 Å². The van der Waals surface area contributed by atoms with Crippen molar-refractivity contribution in [3.8, 4) is 0 Å². The zero-order valence-corrected chi connectivity index (χ0v) is 14.0. The Morgan fingerprint density at radius 1 is 1.25 bits per heavy atom. The highest BCUT2D eigenvalue weighted by molar-refractivity contribution is 5.85. The first-order valence-electron chi connectivity index (χ1n) is 8.43. The molecule has 1 N–H and O–H groups in total. The maximum atomic E-state index is 12.9. The summed E-state index contributed by atoms with van der Waals surface area (Å²) >= 11 is 0. The Kier molecular flexibility index (Phi) is 4.87. The van der Waals surface area contributed by atoms with Crippen molar-refractivity contribution in [1.82, 2.24) is 9.80 Å². The largest absolute Gasteiger partial charge is 0.480 e. The number of carboxylic acid groups (broad SMARTS) is 1. The van der Waals surface area contributed by atoms with Gasteiger partial charge in [-0.25, -0.2) is 4.79 Å². The quantitative estimate of drug-likeness (QED) is 0.901. The first kappa shape index (κ1) is 16.9. The molecule has 0 radical (unpaired) electrons. The molecule has 2 aliphatic heterocycles. The number of ether oxygens (including phenoxy) is 1. The first-order valence-corrected chi connectivity index (χ1v) is 8.43. The number of hydrogen-bond donors (Lipinski definition) is 1. The van der Waals surface area contributed by atoms with Gasteiger partial charge in [-0.05, 0) is 19.0 Å². The van der Waals surface area contributed by atoms with E-state index in [-0.39, 0.29) is 12.5 Å². The molecule has 0 aromatic heterocycles. The molecule has 0 saturated carbocycles. The Morgan fingerprint density at radius 2 is 1.92 bits per heavy atom. The summed E-state index contributed by atoms with van der Waals surface area (Å²) in [6, 6.07) is 8.90. The highest BCUT2D eigenvalue weighted by atomic mass is 16.5. The van der Waals surface area contributed by atoms with E-state index >= 15 is 0 Å². The molecule has 1 aromatic carbocycles. The van der Waals surface area contributed by atoms with Crippen LogP contribution in [0.2, 0.25) is 0 Å². The summed E-state index contributed by atoms with van der Waals surface area (Å²) in [5.74, 6) is -1.12. The molecule has 2 heterocycles. The fraction of sp³-hybridized carbons (Fsp3) is 0.556. The molecule has 6 nitrogen and oxygen atoms in total. The lowest BCUT2D eigenvalue weighted by Gasteiger charge is -2.43. The lowest BCUT2D eigenvalue weighted by Crippen LogP contribution is -2.57. The maximum absolute atomic E-state index is 12.9. The third kappa shape index (κ3) is 3.30. The van der Waals surface area contributed by atoms with Gasteiger partial charge in [0, 0.05) is 32.4 Å². The number of nitrogens with zero attached hydrogens (tertiary/aromatic N) is 2. The summed E-state index contributed by atoms with van der Waals surface area (Å²) in [4.78, 5) is 28.1. The lowest BCUT2D eigenvalue weighted by atomic mass is 9.97. The smallest absolute Gasteiger partial charge is 0.328 e. The van der Waals surface area contributed by atoms with Crippen LogP contribution in [-0.4, -0.2) is 65.3 Å². The number of benzene rings is 1. The van der Waals surface area contributed by atoms with E-state index in [0.29, 0.717) is 25.7 Å². The van der Waals surface area contributed by atoms with Crippen LogP contribution in [-0.2, 0) is 20.7 Å². The van der Waals surface area contributed by atoms with E-state index in [2.05, 4.69) is 4.90 Å². The fourth-order valence-corrected chi connectivity index (χ4v) is 3.61. The van der Waals surface area contributed by atoms with E-state index in [1.807, 2.05) is 37.4 Å². The van der Waals surface area contributed by atoms with E-state index in [1.165, 1.54) is 4.90 Å². The molecule has 0 aliphatic carbocycles. The van der Waals surface area contributed by atoms with E-state index in [4.69, 9.17) is 4.74 Å². The average molecular weight is 332 g/mol. The number of carboxylic acids is 1. The van der Waals surface area contributed by atoms with E-state index in [1.54, 1.807) is 0 Å². The molecule has 3 rings (SSSR count). The monoisotopic (exact) mass is 332 g/mol. The predicted octanol–water partition coefficient (Wildman–Crippen LogP) is 1.35. The second kappa shape index (κ2) is 6.91. The van der Waals surface area contributed by atoms with Crippen LogP contribution in [0.25, 0.3) is 0 Å². The molecule has 130 valence electrons. The van der Waals surface area contributed by atoms with Crippen molar-refractivity contribution in [2.24, 2.45) is 0 Å². The Balaban J connectivity index is 1.74. The van der Waals surface area contributed by atoms with Crippen molar-refractivity contribution in [3.63, 3.8) is 0 Å². The molecule has 1 amide bonds. The highest BCUT2D eigenvalue weighted by Gasteiger charge is 2.53. The summed E-state index contributed by atoms with van der Waals surface area (Å²) in [6.07, 6.45) is 2.22. The Hall–Kier alpha value is -1.92. The zero-order valence-electron chi connectivity index (χ0n) is 14.0. The molecule has 1 atom stereocenters. The van der Waals surface area contributed by atoms with Gasteiger partial charge in [-0.1, -0.05) is 30.3 Å². The van der Waals surface area contributed by atoms with Crippen LogP contribution in [0.15, 0.2) is 30.3 Å². The number of aliphatic carboxylic acids is 1. The van der Waals surface area contributed by atoms with E-state index in [9.17, 15) is 14.7 Å². The third-order valence-electron chi connectivity index (χ3n) is 5.05. The normalized spacial score (nSPS) is 23.5. The number of piperidine rings is 1. The second-order valence-electron chi connectivity index (χ2n) is 6.66. The standard InChI is InChI=1S/C18H24N2O4/c1-19-11-9-18(10-12-19)20(15(13-24-18)17(22)23)16(21)8-7-14-5-3-2-4-6-14/h2-6,15H,7-13H2,1H3,(H,22,23). The van der Waals surface area contributed by atoms with Crippen LogP contribution in [0.5, 0.6) is 0 Å². The third-order valence-corrected chi connectivity index (χ3v) is 5.05. The predicted molar refractivity (Wildman–Crippen MR) is 88.4 cm³/mol. The molecule has 1 aromatic rings. The zero-order chi connectivity index (χ0) is 17.2. The van der Waals surface area contributed by atoms with Crippen molar-refractivity contribution >= 4 is 11.9 Å². The molecule has 1 unspecified atom stereocenters. The minimum atomic E-state index is -0.987. The maximum Gasteiger partial charge on any atom is 0.328 e. The molecule has 2 fully saturated rings. The summed E-state index contributed by atoms with van der Waals surface area (Å²) in [5, 5.41) is 9.50. The van der Waals surface area contributed by atoms with Gasteiger partial charge in [0.25, 0.3) is 0 Å². The SMILES string of the molecule is CN1CCC2(CC1)OCC(C(=O)O)N2C(=O)CCc1ccccc1. The minimum Gasteiger partial charge on any atom is -0.480 e. The minimum absolute atomic E-state index is 0.0795. The Labute approximate surface area is 142 Å². The van der Waals surface area contributed by atoms with Gasteiger partial charge in [0.05, 0.1) is 6.61 Å². The summed E-state index contributed by atoms with van der Waals surface area (Å²) in [6.45, 7) is 1.68. The lowest BCUT2D eigenvalue weighted by molar-refractivity contribution is -0.165. The number of carbonyl (C=O) groups is 2. The van der Waals surface area contributed by atoms with Crippen LogP contribution in [0.4, 0.5) is 0 Å². The van der Waals surface area contributed by atoms with Gasteiger partial charge in [-0.3, -0.25) is 9.69 Å². The van der Waals surface area contributed by atoms with Crippen molar-refractivity contribution in [1.29, 1.82) is 0 Å². The second-order valence-corrected chi connectivity index (χ2v) is 6.66. The Morgan fingerprint density at radius 3 is 2.54 bits per heavy atom. The van der Waals surface area contributed by atoms with E-state index in [0.717, 1.165) is 18.7 Å². The van der Waals surface area contributed by atoms with Crippen LogP contribution < -0.4 is 0 Å². The van der Waals surface area contributed by atoms with Gasteiger partial charge in [0.1, 0.15) is 5.72 Å². The molecular weight excluding hydrogens is 308 g/mol. The highest BCUT2D eigenvalue weighted by Crippen LogP contribution is 2.37. The molecule has 2 aliphatic rings. The van der Waals surface area contributed by atoms with Gasteiger partial charge in [-0.2, -0.15) is 0 Å². The number of likely N-dealkylation sites (tertiary alicyclic amines) is 1. The van der Waals surface area contributed by atoms with Crippen molar-refractivity contribution in [2.45, 2.75) is 37.5 Å². The molecule has 24 heavy (non-hydrogen) atoms. The van der Waals surface area contributed by atoms with Gasteiger partial charge in [0.15, 0.2) is 6.04 Å². The van der Waals surface area contributed by atoms with Crippen LogP contribution >= 0.6 is 0 Å². The van der Waals surface area contributed by atoms with Gasteiger partial charge in [-0.15, -0.1) is 0 Å². The molecule has 6 heteroatoms.